The van der Waals surface area contributed by atoms with E-state index in [1.165, 1.54) is 186 Å². The van der Waals surface area contributed by atoms with E-state index in [-0.39, 0.29) is 19.3 Å². The van der Waals surface area contributed by atoms with Crippen LogP contribution in [-0.4, -0.2) is 95.9 Å². The fourth-order valence-corrected chi connectivity index (χ4v) is 14.1. The smallest absolute Gasteiger partial charge is 0.463 e. The summed E-state index contributed by atoms with van der Waals surface area (Å²) in [6, 6.07) is 0. The highest BCUT2D eigenvalue weighted by molar-refractivity contribution is 7.47. The predicted octanol–water partition coefficient (Wildman–Crippen LogP) is 28.3. The average molecular weight is 1650 g/mol. The first kappa shape index (κ1) is 110. The fourth-order valence-electron chi connectivity index (χ4n) is 12.5. The van der Waals surface area contributed by atoms with Crippen molar-refractivity contribution < 1.29 is 75.8 Å². The Kier molecular flexibility index (Phi) is 85.2. The van der Waals surface area contributed by atoms with Crippen molar-refractivity contribution in [3.8, 4) is 0 Å². The van der Waals surface area contributed by atoms with Crippen molar-refractivity contribution in [3.63, 3.8) is 0 Å². The molecule has 0 heterocycles. The van der Waals surface area contributed by atoms with E-state index in [1.54, 1.807) is 0 Å². The van der Waals surface area contributed by atoms with Crippen LogP contribution in [0.2, 0.25) is 0 Å². The largest absolute Gasteiger partial charge is 0.472 e. The van der Waals surface area contributed by atoms with Crippen LogP contribution in [0.5, 0.6) is 0 Å². The van der Waals surface area contributed by atoms with Crippen molar-refractivity contribution in [2.24, 2.45) is 0 Å². The number of phosphoric ester groups is 2. The van der Waals surface area contributed by atoms with Crippen LogP contribution >= 0.6 is 15.6 Å². The van der Waals surface area contributed by atoms with Gasteiger partial charge >= 0.3 is 33.6 Å². The molecule has 0 aromatic rings. The summed E-state index contributed by atoms with van der Waals surface area (Å²) in [5.41, 5.74) is 0. The Bertz CT molecular complexity index is 2670. The number of aliphatic hydroxyl groups is 2. The van der Waals surface area contributed by atoms with Gasteiger partial charge in [0.2, 0.25) is 0 Å². The molecule has 0 rings (SSSR count). The number of carbonyl (C=O) groups excluding carboxylic acids is 3. The van der Waals surface area contributed by atoms with Crippen molar-refractivity contribution in [3.05, 3.63) is 146 Å². The third-order valence-corrected chi connectivity index (χ3v) is 21.4. The van der Waals surface area contributed by atoms with Gasteiger partial charge in [-0.05, 0) is 148 Å². The molecule has 16 nitrogen and oxygen atoms in total. The number of aliphatic hydroxyl groups excluding tert-OH is 2. The van der Waals surface area contributed by atoms with Crippen LogP contribution in [0.3, 0.4) is 0 Å². The number of esters is 3. The number of allylic oxidation sites excluding steroid dienone is 24. The minimum Gasteiger partial charge on any atom is -0.463 e. The Labute approximate surface area is 702 Å². The summed E-state index contributed by atoms with van der Waals surface area (Å²) in [6.45, 7) is 2.54. The van der Waals surface area contributed by atoms with Crippen molar-refractivity contribution in [1.82, 2.24) is 0 Å². The van der Waals surface area contributed by atoms with Gasteiger partial charge in [0.25, 0.3) is 0 Å². The lowest BCUT2D eigenvalue weighted by atomic mass is 10.0. The summed E-state index contributed by atoms with van der Waals surface area (Å²) in [4.78, 5) is 58.9. The molecule has 0 aliphatic carbocycles. The Morgan fingerprint density at radius 3 is 0.730 bits per heavy atom. The summed E-state index contributed by atoms with van der Waals surface area (Å²) in [5.74, 6) is -1.58. The quantitative estimate of drug-likeness (QED) is 0.0146. The molecule has 0 fully saturated rings. The van der Waals surface area contributed by atoms with Gasteiger partial charge in [0, 0.05) is 19.3 Å². The van der Waals surface area contributed by atoms with E-state index >= 15 is 0 Å². The number of unbranched alkanes of at least 4 members (excludes halogenated alkanes) is 40. The van der Waals surface area contributed by atoms with E-state index in [9.17, 15) is 43.5 Å². The molecular formula is C97H168O16P2. The summed E-state index contributed by atoms with van der Waals surface area (Å²) in [7, 11) is -9.80. The second-order valence-electron chi connectivity index (χ2n) is 30.7. The van der Waals surface area contributed by atoms with Gasteiger partial charge in [0.15, 0.2) is 6.10 Å². The highest BCUT2D eigenvalue weighted by Gasteiger charge is 2.29. The van der Waals surface area contributed by atoms with Crippen molar-refractivity contribution >= 4 is 33.6 Å². The molecule has 0 saturated heterocycles. The Hall–Kier alpha value is -4.57. The summed E-state index contributed by atoms with van der Waals surface area (Å²) in [6.07, 6.45) is 112. The minimum absolute atomic E-state index is 0.0882. The molecule has 0 spiro atoms. The lowest BCUT2D eigenvalue weighted by Gasteiger charge is -2.21. The normalized spacial score (nSPS) is 14.5. The third-order valence-electron chi connectivity index (χ3n) is 19.5. The van der Waals surface area contributed by atoms with Crippen LogP contribution < -0.4 is 0 Å². The molecular weight excluding hydrogens is 1480 g/mol. The van der Waals surface area contributed by atoms with Gasteiger partial charge in [0.05, 0.1) is 26.4 Å². The van der Waals surface area contributed by atoms with Crippen LogP contribution in [0, 0.1) is 0 Å². The van der Waals surface area contributed by atoms with Gasteiger partial charge in [-0.1, -0.05) is 372 Å². The molecule has 0 amide bonds. The van der Waals surface area contributed by atoms with Crippen molar-refractivity contribution in [2.75, 3.05) is 39.6 Å². The maximum Gasteiger partial charge on any atom is 0.472 e. The highest BCUT2D eigenvalue weighted by atomic mass is 31.2. The number of phosphoric acid groups is 2. The zero-order valence-corrected chi connectivity index (χ0v) is 74.7. The fraction of sp³-hybridized carbons (Fsp3) is 0.722. The molecule has 0 saturated carbocycles. The number of carbonyl (C=O) groups is 3. The van der Waals surface area contributed by atoms with Crippen LogP contribution in [0.4, 0.5) is 0 Å². The summed E-state index contributed by atoms with van der Waals surface area (Å²) in [5, 5.41) is 20.7. The number of ether oxygens (including phenoxy) is 3. The predicted molar refractivity (Wildman–Crippen MR) is 482 cm³/mol. The Balaban J connectivity index is 4.46. The van der Waals surface area contributed by atoms with E-state index in [1.807, 2.05) is 0 Å². The lowest BCUT2D eigenvalue weighted by molar-refractivity contribution is -0.161. The molecule has 0 aliphatic rings. The molecule has 0 aromatic heterocycles. The maximum absolute atomic E-state index is 13.0. The van der Waals surface area contributed by atoms with Gasteiger partial charge in [-0.3, -0.25) is 32.5 Å². The van der Waals surface area contributed by atoms with E-state index in [0.29, 0.717) is 19.3 Å². The summed E-state index contributed by atoms with van der Waals surface area (Å²) < 4.78 is 61.4. The summed E-state index contributed by atoms with van der Waals surface area (Å²) >= 11 is 0. The van der Waals surface area contributed by atoms with Crippen LogP contribution in [0.15, 0.2) is 146 Å². The second-order valence-corrected chi connectivity index (χ2v) is 33.6. The average Bonchev–Trinajstić information content (AvgIpc) is 0.898. The molecule has 0 aliphatic heterocycles. The molecule has 115 heavy (non-hydrogen) atoms. The zero-order chi connectivity index (χ0) is 83.6. The monoisotopic (exact) mass is 1650 g/mol. The van der Waals surface area contributed by atoms with Crippen LogP contribution in [0.25, 0.3) is 0 Å². The van der Waals surface area contributed by atoms with Crippen molar-refractivity contribution in [2.45, 2.75) is 411 Å². The van der Waals surface area contributed by atoms with Gasteiger partial charge in [0.1, 0.15) is 25.4 Å². The van der Waals surface area contributed by atoms with Crippen LogP contribution in [0.1, 0.15) is 393 Å². The third kappa shape index (κ3) is 90.0. The van der Waals surface area contributed by atoms with Gasteiger partial charge in [-0.25, -0.2) is 9.13 Å². The number of rotatable bonds is 87. The molecule has 4 N–H and O–H groups in total. The SMILES string of the molecule is CC/C=C\C/C=C\C/C=C\C/C=C\C/C=C\C/C=C\CCCCCCCCCCCCCCCCC(=O)OCC(O)COP(=O)(O)OCC(O)COP(=O)(O)OCC(COC(=O)CCCCCCCCCCCCCCCCC/C=C\C/C=C\C/C=C\C/C=C\CCCCC)OC(=O)CCCCCCC/C=C\C/C=C\CCCCC. The second kappa shape index (κ2) is 88.7. The van der Waals surface area contributed by atoms with Gasteiger partial charge in [-0.2, -0.15) is 0 Å². The molecule has 5 unspecified atom stereocenters. The first-order chi connectivity index (χ1) is 56.2. The first-order valence-electron chi connectivity index (χ1n) is 46.1. The van der Waals surface area contributed by atoms with Crippen LogP contribution in [-0.2, 0) is 55.8 Å². The first-order valence-corrected chi connectivity index (χ1v) is 49.1. The highest BCUT2D eigenvalue weighted by Crippen LogP contribution is 2.45. The van der Waals surface area contributed by atoms with Gasteiger partial charge in [-0.15, -0.1) is 0 Å². The molecule has 0 bridgehead atoms. The maximum atomic E-state index is 13.0. The molecule has 18 heteroatoms. The standard InChI is InChI=1S/C97H168O16P2/c1-4-7-10-13-16-19-22-25-28-30-32-34-36-38-40-42-44-45-47-49-50-52-54-56-58-60-63-65-68-71-74-77-80-83-95(100)107-86-92(98)87-109-114(103,104)110-88-93(99)89-111-115(105,106)112-91-94(113-97(102)85-82-79-76-73-70-67-62-27-24-21-18-15-12-9-6-3)90-108-96(101)84-81-78-75-72-69-66-64-61-59-57-55-53-51-48-46-43-41-39-37-35-33-31-29-26-23-20-17-14-11-8-5-2/h7,10,16-21,25-29,32-35,38-41,44-45,62,92-94,98-99H,4-6,8-9,11-15,22-24,30-31,36-37,42-43,46-61,63-91H2,1-3H3,(H,103,104)(H,105,106)/b10-7-,19-16-,20-17-,21-18-,28-25-,29-26-,34-32-,35-33-,40-38-,41-39-,45-44-,62-27-. The molecule has 662 valence electrons. The Morgan fingerprint density at radius 1 is 0.252 bits per heavy atom. The minimum atomic E-state index is -4.94. The van der Waals surface area contributed by atoms with E-state index in [4.69, 9.17) is 32.3 Å². The topological polar surface area (TPSA) is 231 Å². The zero-order valence-electron chi connectivity index (χ0n) is 72.9. The molecule has 5 atom stereocenters. The Morgan fingerprint density at radius 2 is 0.461 bits per heavy atom. The van der Waals surface area contributed by atoms with Crippen molar-refractivity contribution in [1.29, 1.82) is 0 Å². The number of hydrogen-bond donors (Lipinski definition) is 4. The molecule has 0 radical (unpaired) electrons. The molecule has 0 aromatic carbocycles. The van der Waals surface area contributed by atoms with Gasteiger partial charge < -0.3 is 34.2 Å². The van der Waals surface area contributed by atoms with E-state index in [2.05, 4.69) is 167 Å². The number of hydrogen-bond acceptors (Lipinski definition) is 14. The van der Waals surface area contributed by atoms with E-state index in [0.717, 1.165) is 148 Å². The lowest BCUT2D eigenvalue weighted by Crippen LogP contribution is -2.30. The van der Waals surface area contributed by atoms with E-state index < -0.39 is 91.5 Å².